The highest BCUT2D eigenvalue weighted by molar-refractivity contribution is 7.99. The molecule has 0 atom stereocenters. The van der Waals surface area contributed by atoms with Crippen LogP contribution in [0.3, 0.4) is 0 Å². The Hall–Kier alpha value is -1.82. The van der Waals surface area contributed by atoms with Gasteiger partial charge in [-0.15, -0.1) is 0 Å². The first-order valence-electron chi connectivity index (χ1n) is 9.92. The summed E-state index contributed by atoms with van der Waals surface area (Å²) in [7, 11) is 0. The van der Waals surface area contributed by atoms with Gasteiger partial charge in [0.2, 0.25) is 0 Å². The molecule has 150 valence electrons. The Morgan fingerprint density at radius 2 is 1.57 bits per heavy atom. The fourth-order valence-electron chi connectivity index (χ4n) is 3.53. The third-order valence-electron chi connectivity index (χ3n) is 5.24. The van der Waals surface area contributed by atoms with Crippen molar-refractivity contribution in [1.82, 2.24) is 4.90 Å². The Morgan fingerprint density at radius 3 is 2.14 bits per heavy atom. The van der Waals surface area contributed by atoms with Gasteiger partial charge in [-0.05, 0) is 76.2 Å². The maximum absolute atomic E-state index is 13.1. The Morgan fingerprint density at radius 1 is 1.00 bits per heavy atom. The molecule has 1 N–H and O–H groups in total. The van der Waals surface area contributed by atoms with E-state index >= 15 is 0 Å². The van der Waals surface area contributed by atoms with Gasteiger partial charge in [-0.1, -0.05) is 30.3 Å². The monoisotopic (exact) mass is 399 g/mol. The standard InChI is InChI=1S/C23H29NO3S/c1-23(2,24-14-4-3-5-15-24)22(26)18-6-10-20(11-7-18)28-21-12-8-19(9-13-21)27-17-16-25/h6-13,25H,3-5,14-17H2,1-2H3. The number of carbonyl (C=O) groups is 1. The Balaban J connectivity index is 1.63. The quantitative estimate of drug-likeness (QED) is 0.655. The minimum atomic E-state index is -0.459. The summed E-state index contributed by atoms with van der Waals surface area (Å²) in [5.41, 5.74) is 0.312. The lowest BCUT2D eigenvalue weighted by molar-refractivity contribution is 0.0579. The molecule has 5 heteroatoms. The molecule has 2 aromatic rings. The van der Waals surface area contributed by atoms with Gasteiger partial charge in [-0.2, -0.15) is 0 Å². The zero-order valence-corrected chi connectivity index (χ0v) is 17.5. The molecule has 1 aliphatic rings. The van der Waals surface area contributed by atoms with Gasteiger partial charge in [0, 0.05) is 15.4 Å². The van der Waals surface area contributed by atoms with Crippen LogP contribution >= 0.6 is 11.8 Å². The molecule has 0 amide bonds. The number of benzene rings is 2. The number of likely N-dealkylation sites (tertiary alicyclic amines) is 1. The fraction of sp³-hybridized carbons (Fsp3) is 0.435. The highest BCUT2D eigenvalue weighted by Crippen LogP contribution is 2.30. The molecule has 0 aliphatic carbocycles. The third kappa shape index (κ3) is 5.16. The number of hydrogen-bond acceptors (Lipinski definition) is 5. The van der Waals surface area contributed by atoms with Gasteiger partial charge in [-0.3, -0.25) is 9.69 Å². The van der Waals surface area contributed by atoms with E-state index in [-0.39, 0.29) is 12.4 Å². The van der Waals surface area contributed by atoms with Gasteiger partial charge >= 0.3 is 0 Å². The molecule has 3 rings (SSSR count). The fourth-order valence-corrected chi connectivity index (χ4v) is 4.34. The van der Waals surface area contributed by atoms with Crippen molar-refractivity contribution in [1.29, 1.82) is 0 Å². The zero-order valence-electron chi connectivity index (χ0n) is 16.7. The first-order chi connectivity index (χ1) is 13.5. The predicted octanol–water partition coefficient (Wildman–Crippen LogP) is 4.66. The average molecular weight is 400 g/mol. The Kier molecular flexibility index (Phi) is 7.16. The number of aliphatic hydroxyl groups is 1. The van der Waals surface area contributed by atoms with Gasteiger partial charge in [0.25, 0.3) is 0 Å². The molecule has 0 spiro atoms. The van der Waals surface area contributed by atoms with Crippen LogP contribution in [0.4, 0.5) is 0 Å². The summed E-state index contributed by atoms with van der Waals surface area (Å²) in [5.74, 6) is 0.940. The van der Waals surface area contributed by atoms with E-state index in [9.17, 15) is 4.79 Å². The number of ketones is 1. The lowest BCUT2D eigenvalue weighted by atomic mass is 9.89. The van der Waals surface area contributed by atoms with Crippen LogP contribution in [0.15, 0.2) is 58.3 Å². The highest BCUT2D eigenvalue weighted by atomic mass is 32.2. The van der Waals surface area contributed by atoms with Crippen LogP contribution in [0.1, 0.15) is 43.5 Å². The van der Waals surface area contributed by atoms with E-state index < -0.39 is 5.54 Å². The van der Waals surface area contributed by atoms with E-state index in [1.54, 1.807) is 11.8 Å². The second-order valence-corrected chi connectivity index (χ2v) is 8.75. The third-order valence-corrected chi connectivity index (χ3v) is 6.25. The maximum Gasteiger partial charge on any atom is 0.182 e. The SMILES string of the molecule is CC(C)(C(=O)c1ccc(Sc2ccc(OCCO)cc2)cc1)N1CCCCC1. The van der Waals surface area contributed by atoms with Crippen LogP contribution in [0.5, 0.6) is 5.75 Å². The number of piperidine rings is 1. The molecule has 0 radical (unpaired) electrons. The average Bonchev–Trinajstić information content (AvgIpc) is 2.74. The normalized spacial score (nSPS) is 15.4. The topological polar surface area (TPSA) is 49.8 Å². The molecule has 28 heavy (non-hydrogen) atoms. The molecule has 1 heterocycles. The van der Waals surface area contributed by atoms with Crippen molar-refractivity contribution in [2.45, 2.75) is 48.4 Å². The second-order valence-electron chi connectivity index (χ2n) is 7.61. The lowest BCUT2D eigenvalue weighted by Crippen LogP contribution is -2.52. The molecule has 4 nitrogen and oxygen atoms in total. The van der Waals surface area contributed by atoms with Crippen LogP contribution in [-0.2, 0) is 0 Å². The molecule has 0 saturated carbocycles. The largest absolute Gasteiger partial charge is 0.491 e. The predicted molar refractivity (Wildman–Crippen MR) is 113 cm³/mol. The van der Waals surface area contributed by atoms with Crippen molar-refractivity contribution < 1.29 is 14.6 Å². The minimum Gasteiger partial charge on any atom is -0.491 e. The van der Waals surface area contributed by atoms with Gasteiger partial charge < -0.3 is 9.84 Å². The summed E-state index contributed by atoms with van der Waals surface area (Å²) >= 11 is 1.65. The number of rotatable bonds is 8. The molecule has 1 fully saturated rings. The Labute approximate surface area is 171 Å². The van der Waals surface area contributed by atoms with Gasteiger partial charge in [0.05, 0.1) is 12.1 Å². The van der Waals surface area contributed by atoms with Crippen LogP contribution in [-0.4, -0.2) is 47.6 Å². The molecule has 2 aromatic carbocycles. The summed E-state index contributed by atoms with van der Waals surface area (Å²) in [6.07, 6.45) is 3.62. The van der Waals surface area contributed by atoms with E-state index in [0.29, 0.717) is 6.61 Å². The van der Waals surface area contributed by atoms with Crippen molar-refractivity contribution >= 4 is 17.5 Å². The maximum atomic E-state index is 13.1. The smallest absolute Gasteiger partial charge is 0.182 e. The zero-order chi connectivity index (χ0) is 20.0. The summed E-state index contributed by atoms with van der Waals surface area (Å²) in [5, 5.41) is 8.81. The summed E-state index contributed by atoms with van der Waals surface area (Å²) < 4.78 is 5.38. The van der Waals surface area contributed by atoms with E-state index in [1.165, 1.54) is 19.3 Å². The summed E-state index contributed by atoms with van der Waals surface area (Å²) in [4.78, 5) is 17.6. The van der Waals surface area contributed by atoms with E-state index in [1.807, 2.05) is 62.4 Å². The van der Waals surface area contributed by atoms with E-state index in [4.69, 9.17) is 9.84 Å². The van der Waals surface area contributed by atoms with Crippen LogP contribution in [0.25, 0.3) is 0 Å². The van der Waals surface area contributed by atoms with Gasteiger partial charge in [-0.25, -0.2) is 0 Å². The molecule has 0 unspecified atom stereocenters. The number of Topliss-reactive ketones (excluding diaryl/α,β-unsaturated/α-hetero) is 1. The van der Waals surface area contributed by atoms with Crippen molar-refractivity contribution in [3.63, 3.8) is 0 Å². The Bertz CT molecular complexity index is 765. The summed E-state index contributed by atoms with van der Waals surface area (Å²) in [6, 6.07) is 15.7. The number of carbonyl (C=O) groups excluding carboxylic acids is 1. The van der Waals surface area contributed by atoms with Crippen LogP contribution < -0.4 is 4.74 Å². The highest BCUT2D eigenvalue weighted by Gasteiger charge is 2.35. The van der Waals surface area contributed by atoms with Crippen LogP contribution in [0, 0.1) is 0 Å². The van der Waals surface area contributed by atoms with Gasteiger partial charge in [0.1, 0.15) is 12.4 Å². The van der Waals surface area contributed by atoms with Crippen molar-refractivity contribution in [3.8, 4) is 5.75 Å². The molecular formula is C23H29NO3S. The van der Waals surface area contributed by atoms with E-state index in [2.05, 4.69) is 4.90 Å². The number of hydrogen-bond donors (Lipinski definition) is 1. The lowest BCUT2D eigenvalue weighted by Gasteiger charge is -2.39. The van der Waals surface area contributed by atoms with Crippen molar-refractivity contribution in [3.05, 3.63) is 54.1 Å². The number of ether oxygens (including phenoxy) is 1. The number of aliphatic hydroxyl groups excluding tert-OH is 1. The van der Waals surface area contributed by atoms with Crippen molar-refractivity contribution in [2.75, 3.05) is 26.3 Å². The molecule has 0 aromatic heterocycles. The first-order valence-corrected chi connectivity index (χ1v) is 10.7. The molecule has 1 saturated heterocycles. The minimum absolute atomic E-state index is 0.0101. The van der Waals surface area contributed by atoms with Crippen molar-refractivity contribution in [2.24, 2.45) is 0 Å². The van der Waals surface area contributed by atoms with Crippen LogP contribution in [0.2, 0.25) is 0 Å². The molecular weight excluding hydrogens is 370 g/mol. The first kappa shape index (κ1) is 20.9. The molecule has 0 bridgehead atoms. The van der Waals surface area contributed by atoms with E-state index in [0.717, 1.165) is 34.2 Å². The van der Waals surface area contributed by atoms with Gasteiger partial charge in [0.15, 0.2) is 5.78 Å². The molecule has 1 aliphatic heterocycles. The summed E-state index contributed by atoms with van der Waals surface area (Å²) in [6.45, 7) is 6.41. The second kappa shape index (κ2) is 9.59. The number of nitrogens with zero attached hydrogens (tertiary/aromatic N) is 1.